The van der Waals surface area contributed by atoms with Crippen LogP contribution in [0.3, 0.4) is 0 Å². The normalized spacial score (nSPS) is 35.0. The summed E-state index contributed by atoms with van der Waals surface area (Å²) in [4.78, 5) is 18.0. The fourth-order valence-corrected chi connectivity index (χ4v) is 7.24. The first kappa shape index (κ1) is 22.9. The van der Waals surface area contributed by atoms with Crippen LogP contribution in [0.4, 0.5) is 5.69 Å². The van der Waals surface area contributed by atoms with E-state index < -0.39 is 0 Å². The Labute approximate surface area is 194 Å². The van der Waals surface area contributed by atoms with Crippen molar-refractivity contribution in [3.8, 4) is 0 Å². The Hall–Kier alpha value is -1.26. The zero-order valence-corrected chi connectivity index (χ0v) is 20.2. The van der Waals surface area contributed by atoms with Gasteiger partial charge in [-0.05, 0) is 49.1 Å². The maximum Gasteiger partial charge on any atom is 0.310 e. The number of carbonyl (C=O) groups excluding carboxylic acids is 1. The molecule has 1 aromatic carbocycles. The number of anilines is 1. The predicted octanol–water partition coefficient (Wildman–Crippen LogP) is 4.93. The SMILES string of the molecule is Cc1ccccc1N1CCN(CC2C(=O)OC3C2CCC2CCCC(C)(C)C23)CC1.Cl. The van der Waals surface area contributed by atoms with Crippen molar-refractivity contribution in [2.45, 2.75) is 59.0 Å². The molecule has 2 aliphatic carbocycles. The molecule has 0 bridgehead atoms. The number of para-hydroxylation sites is 1. The molecule has 0 aromatic heterocycles. The van der Waals surface area contributed by atoms with E-state index in [2.05, 4.69) is 54.8 Å². The fourth-order valence-electron chi connectivity index (χ4n) is 7.24. The van der Waals surface area contributed by atoms with Gasteiger partial charge in [-0.1, -0.05) is 44.9 Å². The minimum atomic E-state index is 0. The van der Waals surface area contributed by atoms with Crippen LogP contribution in [0.5, 0.6) is 0 Å². The lowest BCUT2D eigenvalue weighted by molar-refractivity contribution is -0.152. The minimum Gasteiger partial charge on any atom is -0.461 e. The van der Waals surface area contributed by atoms with Gasteiger partial charge in [-0.15, -0.1) is 12.4 Å². The highest BCUT2D eigenvalue weighted by atomic mass is 35.5. The van der Waals surface area contributed by atoms with Gasteiger partial charge in [0, 0.05) is 50.2 Å². The van der Waals surface area contributed by atoms with Gasteiger partial charge in [0.05, 0.1) is 5.92 Å². The van der Waals surface area contributed by atoms with Crippen LogP contribution >= 0.6 is 12.4 Å². The van der Waals surface area contributed by atoms with E-state index in [1.165, 1.54) is 43.4 Å². The molecule has 0 radical (unpaired) electrons. The van der Waals surface area contributed by atoms with Crippen molar-refractivity contribution in [1.82, 2.24) is 4.90 Å². The molecule has 4 nitrogen and oxygen atoms in total. The molecular formula is C26H39ClN2O2. The van der Waals surface area contributed by atoms with Crippen molar-refractivity contribution < 1.29 is 9.53 Å². The number of halogens is 1. The number of hydrogen-bond acceptors (Lipinski definition) is 4. The zero-order valence-electron chi connectivity index (χ0n) is 19.4. The summed E-state index contributed by atoms with van der Waals surface area (Å²) in [6, 6.07) is 8.67. The number of aryl methyl sites for hydroxylation is 1. The first-order chi connectivity index (χ1) is 14.4. The van der Waals surface area contributed by atoms with E-state index in [4.69, 9.17) is 4.74 Å². The van der Waals surface area contributed by atoms with Crippen molar-refractivity contribution >= 4 is 24.1 Å². The number of ether oxygens (including phenoxy) is 1. The number of esters is 1. The van der Waals surface area contributed by atoms with Crippen LogP contribution in [0.2, 0.25) is 0 Å². The van der Waals surface area contributed by atoms with Crippen LogP contribution < -0.4 is 4.90 Å². The molecule has 0 amide bonds. The van der Waals surface area contributed by atoms with Gasteiger partial charge in [0.25, 0.3) is 0 Å². The highest BCUT2D eigenvalue weighted by Gasteiger charge is 2.56. The molecule has 1 aromatic rings. The van der Waals surface area contributed by atoms with E-state index in [9.17, 15) is 4.79 Å². The van der Waals surface area contributed by atoms with Crippen LogP contribution in [-0.2, 0) is 9.53 Å². The summed E-state index contributed by atoms with van der Waals surface area (Å²) in [5.74, 6) is 1.94. The number of nitrogens with zero attached hydrogens (tertiary/aromatic N) is 2. The lowest BCUT2D eigenvalue weighted by Crippen LogP contribution is -2.51. The highest BCUT2D eigenvalue weighted by molar-refractivity contribution is 5.85. The lowest BCUT2D eigenvalue weighted by Gasteiger charge is -2.51. The Bertz CT molecular complexity index is 789. The van der Waals surface area contributed by atoms with Gasteiger partial charge < -0.3 is 9.64 Å². The number of piperazine rings is 1. The van der Waals surface area contributed by atoms with Crippen molar-refractivity contribution in [3.63, 3.8) is 0 Å². The number of fused-ring (bicyclic) bond motifs is 3. The second kappa shape index (κ2) is 8.94. The summed E-state index contributed by atoms with van der Waals surface area (Å²) >= 11 is 0. The molecule has 0 N–H and O–H groups in total. The average Bonchev–Trinajstić information content (AvgIpc) is 3.04. The summed E-state index contributed by atoms with van der Waals surface area (Å²) in [6.45, 7) is 12.1. The predicted molar refractivity (Wildman–Crippen MR) is 128 cm³/mol. The molecule has 5 heteroatoms. The Morgan fingerprint density at radius 2 is 1.81 bits per heavy atom. The first-order valence-corrected chi connectivity index (χ1v) is 12.2. The largest absolute Gasteiger partial charge is 0.461 e. The molecule has 2 heterocycles. The molecule has 4 fully saturated rings. The zero-order chi connectivity index (χ0) is 20.9. The van der Waals surface area contributed by atoms with E-state index in [1.807, 2.05) is 0 Å². The van der Waals surface area contributed by atoms with E-state index in [0.717, 1.165) is 38.6 Å². The van der Waals surface area contributed by atoms with Crippen LogP contribution in [0.1, 0.15) is 51.5 Å². The van der Waals surface area contributed by atoms with Gasteiger partial charge in [0.2, 0.25) is 0 Å². The summed E-state index contributed by atoms with van der Waals surface area (Å²) in [7, 11) is 0. The molecule has 0 spiro atoms. The highest BCUT2D eigenvalue weighted by Crippen LogP contribution is 2.56. The maximum absolute atomic E-state index is 13.0. The molecule has 5 unspecified atom stereocenters. The van der Waals surface area contributed by atoms with Crippen molar-refractivity contribution in [2.24, 2.45) is 29.1 Å². The topological polar surface area (TPSA) is 32.8 Å². The van der Waals surface area contributed by atoms with Crippen molar-refractivity contribution in [2.75, 3.05) is 37.6 Å². The maximum atomic E-state index is 13.0. The van der Waals surface area contributed by atoms with E-state index in [1.54, 1.807) is 0 Å². The number of carbonyl (C=O) groups is 1. The van der Waals surface area contributed by atoms with Crippen molar-refractivity contribution in [1.29, 1.82) is 0 Å². The third-order valence-corrected chi connectivity index (χ3v) is 8.81. The van der Waals surface area contributed by atoms with Crippen LogP contribution in [0.15, 0.2) is 24.3 Å². The quantitative estimate of drug-likeness (QED) is 0.616. The Morgan fingerprint density at radius 3 is 2.55 bits per heavy atom. The number of benzene rings is 1. The van der Waals surface area contributed by atoms with Crippen LogP contribution in [0.25, 0.3) is 0 Å². The second-order valence-electron chi connectivity index (χ2n) is 11.0. The van der Waals surface area contributed by atoms with Gasteiger partial charge in [0.1, 0.15) is 6.10 Å². The van der Waals surface area contributed by atoms with Gasteiger partial charge in [0.15, 0.2) is 0 Å². The molecule has 4 aliphatic rings. The molecule has 2 saturated carbocycles. The summed E-state index contributed by atoms with van der Waals surface area (Å²) in [6.07, 6.45) is 6.60. The smallest absolute Gasteiger partial charge is 0.310 e. The molecule has 2 aliphatic heterocycles. The monoisotopic (exact) mass is 446 g/mol. The van der Waals surface area contributed by atoms with Crippen molar-refractivity contribution in [3.05, 3.63) is 29.8 Å². The van der Waals surface area contributed by atoms with Gasteiger partial charge >= 0.3 is 5.97 Å². The third kappa shape index (κ3) is 4.23. The van der Waals surface area contributed by atoms with Crippen LogP contribution in [-0.4, -0.2) is 49.7 Å². The number of rotatable bonds is 3. The molecule has 2 saturated heterocycles. The summed E-state index contributed by atoms with van der Waals surface area (Å²) in [5, 5.41) is 0. The molecule has 172 valence electrons. The molecule has 5 rings (SSSR count). The third-order valence-electron chi connectivity index (χ3n) is 8.81. The molecule has 31 heavy (non-hydrogen) atoms. The fraction of sp³-hybridized carbons (Fsp3) is 0.731. The standard InChI is InChI=1S/C26H38N2O2.ClH/c1-18-7-4-5-9-22(18)28-15-13-27(14-16-28)17-21-20-11-10-19-8-6-12-26(2,3)23(19)24(20)30-25(21)29;/h4-5,7,9,19-21,23-24H,6,8,10-17H2,1-3H3;1H. The average molecular weight is 447 g/mol. The Balaban J connectivity index is 0.00000231. The van der Waals surface area contributed by atoms with E-state index >= 15 is 0 Å². The van der Waals surface area contributed by atoms with Gasteiger partial charge in [-0.25, -0.2) is 0 Å². The lowest BCUT2D eigenvalue weighted by atomic mass is 9.55. The van der Waals surface area contributed by atoms with Gasteiger partial charge in [-0.3, -0.25) is 9.69 Å². The summed E-state index contributed by atoms with van der Waals surface area (Å²) < 4.78 is 6.15. The Kier molecular flexibility index (Phi) is 6.61. The second-order valence-corrected chi connectivity index (χ2v) is 11.0. The van der Waals surface area contributed by atoms with Crippen LogP contribution in [0, 0.1) is 36.0 Å². The first-order valence-electron chi connectivity index (χ1n) is 12.2. The minimum absolute atomic E-state index is 0. The number of hydrogen-bond donors (Lipinski definition) is 0. The molecular weight excluding hydrogens is 408 g/mol. The van der Waals surface area contributed by atoms with Gasteiger partial charge in [-0.2, -0.15) is 0 Å². The van der Waals surface area contributed by atoms with E-state index in [-0.39, 0.29) is 30.4 Å². The Morgan fingerprint density at radius 1 is 1.06 bits per heavy atom. The molecule has 5 atom stereocenters. The summed E-state index contributed by atoms with van der Waals surface area (Å²) in [5.41, 5.74) is 3.01. The van der Waals surface area contributed by atoms with E-state index in [0.29, 0.717) is 17.3 Å².